The van der Waals surface area contributed by atoms with Crippen LogP contribution in [0.4, 0.5) is 0 Å². The molecule has 32 heavy (non-hydrogen) atoms. The molecule has 3 N–H and O–H groups in total. The monoisotopic (exact) mass is 458 g/mol. The highest BCUT2D eigenvalue weighted by Gasteiger charge is 2.33. The van der Waals surface area contributed by atoms with E-state index in [2.05, 4.69) is 0 Å². The first-order valence-corrected chi connectivity index (χ1v) is 13.1. The van der Waals surface area contributed by atoms with Crippen molar-refractivity contribution in [1.29, 1.82) is 0 Å². The summed E-state index contributed by atoms with van der Waals surface area (Å²) in [5.74, 6) is -1.03. The van der Waals surface area contributed by atoms with Gasteiger partial charge in [-0.3, -0.25) is 9.59 Å². The molecule has 0 saturated carbocycles. The van der Waals surface area contributed by atoms with Crippen molar-refractivity contribution in [2.75, 3.05) is 0 Å². The normalized spacial score (nSPS) is 15.1. The van der Waals surface area contributed by atoms with Gasteiger partial charge in [-0.2, -0.15) is 0 Å². The van der Waals surface area contributed by atoms with E-state index in [-0.39, 0.29) is 12.8 Å². The predicted molar refractivity (Wildman–Crippen MR) is 132 cm³/mol. The van der Waals surface area contributed by atoms with Gasteiger partial charge in [-0.25, -0.2) is 0 Å². The molecule has 0 spiro atoms. The molecule has 0 bridgehead atoms. The van der Waals surface area contributed by atoms with Crippen LogP contribution in [0.3, 0.4) is 0 Å². The van der Waals surface area contributed by atoms with Gasteiger partial charge in [-0.15, -0.1) is 0 Å². The van der Waals surface area contributed by atoms with E-state index in [4.69, 9.17) is 2.74 Å². The zero-order valence-electron chi connectivity index (χ0n) is 22.4. The van der Waals surface area contributed by atoms with E-state index in [1.54, 1.807) is 0 Å². The fourth-order valence-electron chi connectivity index (χ4n) is 3.92. The second-order valence-corrected chi connectivity index (χ2v) is 9.18. The van der Waals surface area contributed by atoms with Crippen LogP contribution in [0.2, 0.25) is 0 Å². The Bertz CT molecular complexity index is 448. The van der Waals surface area contributed by atoms with E-state index in [1.165, 1.54) is 25.7 Å². The van der Waals surface area contributed by atoms with E-state index in [0.717, 1.165) is 77.0 Å². The van der Waals surface area contributed by atoms with Crippen molar-refractivity contribution < 1.29 is 27.7 Å². The van der Waals surface area contributed by atoms with Gasteiger partial charge in [0.15, 0.2) is 11.6 Å². The number of hydrogen-bond acceptors (Lipinski definition) is 5. The van der Waals surface area contributed by atoms with E-state index in [0.29, 0.717) is 26.6 Å². The molecule has 0 fully saturated rings. The lowest BCUT2D eigenvalue weighted by atomic mass is 9.95. The van der Waals surface area contributed by atoms with Crippen LogP contribution in [0.1, 0.15) is 145 Å². The van der Waals surface area contributed by atoms with Crippen molar-refractivity contribution in [2.45, 2.75) is 161 Å². The van der Waals surface area contributed by atoms with Gasteiger partial charge in [0.1, 0.15) is 18.3 Å². The maximum Gasteiger partial charge on any atom is 0.164 e. The largest absolute Gasteiger partial charge is 0.387 e. The molecule has 0 heterocycles. The number of aliphatic hydroxyl groups is 3. The minimum Gasteiger partial charge on any atom is -0.387 e. The zero-order chi connectivity index (χ0) is 25.4. The highest BCUT2D eigenvalue weighted by molar-refractivity contribution is 5.87. The molecule has 0 saturated heterocycles. The summed E-state index contributed by atoms with van der Waals surface area (Å²) in [5, 5.41) is 30.2. The van der Waals surface area contributed by atoms with Crippen molar-refractivity contribution >= 4 is 11.6 Å². The summed E-state index contributed by atoms with van der Waals surface area (Å²) in [7, 11) is 0. The lowest BCUT2D eigenvalue weighted by Gasteiger charge is -2.21. The Morgan fingerprint density at radius 1 is 0.531 bits per heavy atom. The fraction of sp³-hybridized carbons (Fsp3) is 0.926. The third kappa shape index (κ3) is 16.8. The number of carbonyl (C=O) groups excluding carboxylic acids is 2. The minimum atomic E-state index is -1.76. The third-order valence-electron chi connectivity index (χ3n) is 6.15. The van der Waals surface area contributed by atoms with Crippen LogP contribution in [-0.2, 0) is 9.59 Å². The van der Waals surface area contributed by atoms with Gasteiger partial charge < -0.3 is 15.3 Å². The Kier molecular flexibility index (Phi) is 18.9. The molecular formula is C27H52O5. The maximum absolute atomic E-state index is 12.1. The highest BCUT2D eigenvalue weighted by atomic mass is 16.4. The Morgan fingerprint density at radius 3 is 1.12 bits per heavy atom. The maximum atomic E-state index is 12.1. The molecule has 0 aromatic carbocycles. The molecule has 0 amide bonds. The van der Waals surface area contributed by atoms with Gasteiger partial charge in [-0.05, 0) is 12.8 Å². The van der Waals surface area contributed by atoms with Crippen molar-refractivity contribution in [3.63, 3.8) is 0 Å². The number of carbonyl (C=O) groups is 2. The molecule has 2 unspecified atom stereocenters. The molecule has 0 aliphatic rings. The second-order valence-electron chi connectivity index (χ2n) is 9.18. The van der Waals surface area contributed by atoms with Crippen molar-refractivity contribution in [2.24, 2.45) is 0 Å². The Morgan fingerprint density at radius 2 is 0.812 bits per heavy atom. The highest BCUT2D eigenvalue weighted by Crippen LogP contribution is 2.15. The fourth-order valence-corrected chi connectivity index (χ4v) is 3.92. The molecule has 2 atom stereocenters. The number of rotatable bonds is 24. The van der Waals surface area contributed by atoms with Gasteiger partial charge in [0, 0.05) is 15.6 Å². The first-order valence-electron chi connectivity index (χ1n) is 14.5. The molecule has 0 aliphatic carbocycles. The molecular weight excluding hydrogens is 404 g/mol. The van der Waals surface area contributed by atoms with E-state index >= 15 is 0 Å². The topological polar surface area (TPSA) is 94.8 Å². The summed E-state index contributed by atoms with van der Waals surface area (Å²) in [5.41, 5.74) is 0. The number of aliphatic hydroxyl groups excluding tert-OH is 3. The van der Waals surface area contributed by atoms with Crippen LogP contribution in [0.25, 0.3) is 0 Å². The summed E-state index contributed by atoms with van der Waals surface area (Å²) < 4.78 is 14.2. The van der Waals surface area contributed by atoms with E-state index in [1.807, 2.05) is 0 Å². The van der Waals surface area contributed by atoms with Gasteiger partial charge in [0.2, 0.25) is 0 Å². The molecule has 0 rings (SSSR count). The Balaban J connectivity index is 3.81. The van der Waals surface area contributed by atoms with Crippen LogP contribution in [-0.4, -0.2) is 45.2 Å². The number of unbranched alkanes of at least 4 members (excludes halogenated alkanes) is 16. The SMILES string of the molecule is [2H]CCCCCCCCCCCC(=O)C(O)C(O)C(O)C(=O)CCCCCCCCCCC[2H]. The van der Waals surface area contributed by atoms with Crippen LogP contribution in [0.15, 0.2) is 0 Å². The summed E-state index contributed by atoms with van der Waals surface area (Å²) in [6.07, 6.45) is 13.7. The molecule has 0 aromatic heterocycles. The lowest BCUT2D eigenvalue weighted by Crippen LogP contribution is -2.45. The molecule has 0 aromatic rings. The molecule has 0 aliphatic heterocycles. The minimum absolute atomic E-state index is 0.145. The predicted octanol–water partition coefficient (Wildman–Crippen LogP) is 6.05. The molecule has 0 radical (unpaired) electrons. The van der Waals surface area contributed by atoms with Crippen molar-refractivity contribution in [3.05, 3.63) is 0 Å². The van der Waals surface area contributed by atoms with E-state index in [9.17, 15) is 24.9 Å². The number of ketones is 2. The summed E-state index contributed by atoms with van der Waals surface area (Å²) >= 11 is 0. The molecule has 5 nitrogen and oxygen atoms in total. The first kappa shape index (κ1) is 27.5. The average molecular weight is 459 g/mol. The smallest absolute Gasteiger partial charge is 0.164 e. The molecule has 5 heteroatoms. The van der Waals surface area contributed by atoms with Gasteiger partial charge in [0.25, 0.3) is 0 Å². The van der Waals surface area contributed by atoms with Crippen LogP contribution < -0.4 is 0 Å². The number of hydrogen-bond donors (Lipinski definition) is 3. The standard InChI is InChI=1S/C27H52O5/c1-3-5-7-9-11-13-15-17-19-21-23(28)25(30)27(32)26(31)24(29)22-20-18-16-14-12-10-8-6-4-2/h25-27,30-32H,3-22H2,1-2H3/i1D,2D. The quantitative estimate of drug-likeness (QED) is 0.153. The van der Waals surface area contributed by atoms with Gasteiger partial charge >= 0.3 is 0 Å². The van der Waals surface area contributed by atoms with Crippen molar-refractivity contribution in [3.8, 4) is 0 Å². The van der Waals surface area contributed by atoms with Crippen LogP contribution in [0.5, 0.6) is 0 Å². The Labute approximate surface area is 200 Å². The lowest BCUT2D eigenvalue weighted by molar-refractivity contribution is -0.146. The Hall–Kier alpha value is -0.780. The average Bonchev–Trinajstić information content (AvgIpc) is 2.84. The summed E-state index contributed by atoms with van der Waals surface area (Å²) in [4.78, 5) is 24.3. The molecule has 190 valence electrons. The van der Waals surface area contributed by atoms with Gasteiger partial charge in [-0.1, -0.05) is 117 Å². The first-order chi connectivity index (χ1) is 16.5. The van der Waals surface area contributed by atoms with Gasteiger partial charge in [0.05, 0.1) is 0 Å². The number of Topliss-reactive ketones (excluding diaryl/α,β-unsaturated/α-hetero) is 2. The van der Waals surface area contributed by atoms with Crippen LogP contribution >= 0.6 is 0 Å². The zero-order valence-corrected chi connectivity index (χ0v) is 20.4. The van der Waals surface area contributed by atoms with Crippen molar-refractivity contribution in [1.82, 2.24) is 0 Å². The second kappa shape index (κ2) is 22.0. The summed E-state index contributed by atoms with van der Waals surface area (Å²) in [6, 6.07) is 0. The summed E-state index contributed by atoms with van der Waals surface area (Å²) in [6.45, 7) is 1.02. The van der Waals surface area contributed by atoms with Crippen LogP contribution in [0, 0.1) is 0 Å². The van der Waals surface area contributed by atoms with E-state index < -0.39 is 29.9 Å². The third-order valence-corrected chi connectivity index (χ3v) is 6.15.